The Balaban J connectivity index is 2.12. The van der Waals surface area contributed by atoms with Crippen LogP contribution in [0, 0.1) is 0 Å². The van der Waals surface area contributed by atoms with Gasteiger partial charge in [-0.2, -0.15) is 0 Å². The largest absolute Gasteiger partial charge is 0.463 e. The van der Waals surface area contributed by atoms with E-state index in [1.54, 1.807) is 6.26 Å². The van der Waals surface area contributed by atoms with Crippen LogP contribution in [0.2, 0.25) is 0 Å². The summed E-state index contributed by atoms with van der Waals surface area (Å²) in [4.78, 5) is 8.44. The van der Waals surface area contributed by atoms with Gasteiger partial charge in [-0.25, -0.2) is 9.97 Å². The third kappa shape index (κ3) is 2.51. The monoisotopic (exact) mass is 315 g/mol. The molecule has 0 saturated heterocycles. The fraction of sp³-hybridized carbons (Fsp3) is 0. The van der Waals surface area contributed by atoms with Gasteiger partial charge in [-0.3, -0.25) is 0 Å². The fourth-order valence-corrected chi connectivity index (χ4v) is 2.21. The molecule has 3 aromatic rings. The van der Waals surface area contributed by atoms with Gasteiger partial charge in [0.15, 0.2) is 5.76 Å². The first-order valence-corrected chi connectivity index (χ1v) is 6.46. The molecular formula is C14H10BrN3O. The van der Waals surface area contributed by atoms with E-state index in [-0.39, 0.29) is 5.95 Å². The summed E-state index contributed by atoms with van der Waals surface area (Å²) in [6, 6.07) is 13.4. The van der Waals surface area contributed by atoms with E-state index in [0.717, 1.165) is 15.7 Å². The highest BCUT2D eigenvalue weighted by Crippen LogP contribution is 2.26. The van der Waals surface area contributed by atoms with Gasteiger partial charge in [-0.1, -0.05) is 28.1 Å². The van der Waals surface area contributed by atoms with Crippen molar-refractivity contribution in [3.8, 4) is 22.7 Å². The Hall–Kier alpha value is -2.14. The number of anilines is 1. The quantitative estimate of drug-likeness (QED) is 0.782. The van der Waals surface area contributed by atoms with Crippen molar-refractivity contribution in [2.24, 2.45) is 0 Å². The lowest BCUT2D eigenvalue weighted by Gasteiger charge is -2.05. The Labute approximate surface area is 118 Å². The van der Waals surface area contributed by atoms with Crippen molar-refractivity contribution < 1.29 is 4.42 Å². The fourth-order valence-electron chi connectivity index (χ4n) is 1.81. The molecule has 0 atom stereocenters. The number of nitrogens with zero attached hydrogens (tertiary/aromatic N) is 2. The highest BCUT2D eigenvalue weighted by molar-refractivity contribution is 9.10. The summed E-state index contributed by atoms with van der Waals surface area (Å²) in [5.41, 5.74) is 8.17. The molecule has 0 fully saturated rings. The molecule has 94 valence electrons. The molecule has 1 aromatic carbocycles. The van der Waals surface area contributed by atoms with E-state index >= 15 is 0 Å². The zero-order chi connectivity index (χ0) is 13.2. The predicted octanol–water partition coefficient (Wildman–Crippen LogP) is 3.75. The molecule has 19 heavy (non-hydrogen) atoms. The predicted molar refractivity (Wildman–Crippen MR) is 77.3 cm³/mol. The molecule has 0 aliphatic rings. The molecule has 0 radical (unpaired) electrons. The van der Waals surface area contributed by atoms with Crippen molar-refractivity contribution in [3.63, 3.8) is 0 Å². The van der Waals surface area contributed by atoms with Crippen LogP contribution in [0.25, 0.3) is 22.7 Å². The van der Waals surface area contributed by atoms with Crippen LogP contribution in [-0.2, 0) is 0 Å². The maximum absolute atomic E-state index is 5.77. The van der Waals surface area contributed by atoms with Crippen LogP contribution in [0.1, 0.15) is 0 Å². The molecule has 3 rings (SSSR count). The average Bonchev–Trinajstić information content (AvgIpc) is 2.92. The Kier molecular flexibility index (Phi) is 3.05. The van der Waals surface area contributed by atoms with Crippen LogP contribution >= 0.6 is 15.9 Å². The van der Waals surface area contributed by atoms with E-state index in [1.165, 1.54) is 0 Å². The summed E-state index contributed by atoms with van der Waals surface area (Å²) >= 11 is 3.44. The first-order valence-electron chi connectivity index (χ1n) is 5.67. The van der Waals surface area contributed by atoms with Crippen LogP contribution < -0.4 is 5.73 Å². The molecule has 0 aliphatic heterocycles. The highest BCUT2D eigenvalue weighted by Gasteiger charge is 2.08. The molecule has 2 N–H and O–H groups in total. The maximum Gasteiger partial charge on any atom is 0.221 e. The van der Waals surface area contributed by atoms with Crippen LogP contribution in [0.5, 0.6) is 0 Å². The van der Waals surface area contributed by atoms with Gasteiger partial charge >= 0.3 is 0 Å². The van der Waals surface area contributed by atoms with E-state index in [2.05, 4.69) is 25.9 Å². The highest BCUT2D eigenvalue weighted by atomic mass is 79.9. The summed E-state index contributed by atoms with van der Waals surface area (Å²) in [6.07, 6.45) is 1.60. The minimum absolute atomic E-state index is 0.226. The van der Waals surface area contributed by atoms with E-state index < -0.39 is 0 Å². The number of benzene rings is 1. The standard InChI is InChI=1S/C14H10BrN3O/c15-10-4-1-3-9(7-10)11-8-12(18-14(16)17-11)13-5-2-6-19-13/h1-8H,(H2,16,17,18). The first kappa shape index (κ1) is 11.9. The Morgan fingerprint density at radius 3 is 2.58 bits per heavy atom. The van der Waals surface area contributed by atoms with E-state index in [0.29, 0.717) is 11.5 Å². The molecule has 2 heterocycles. The summed E-state index contributed by atoms with van der Waals surface area (Å²) < 4.78 is 6.32. The topological polar surface area (TPSA) is 64.9 Å². The van der Waals surface area contributed by atoms with Gasteiger partial charge < -0.3 is 10.2 Å². The molecule has 2 aromatic heterocycles. The van der Waals surface area contributed by atoms with Crippen LogP contribution in [0.15, 0.2) is 57.6 Å². The van der Waals surface area contributed by atoms with E-state index in [9.17, 15) is 0 Å². The van der Waals surface area contributed by atoms with Crippen molar-refractivity contribution >= 4 is 21.9 Å². The Bertz CT molecular complexity index is 710. The van der Waals surface area contributed by atoms with E-state index in [4.69, 9.17) is 10.2 Å². The number of hydrogen-bond acceptors (Lipinski definition) is 4. The lowest BCUT2D eigenvalue weighted by Crippen LogP contribution is -1.98. The second-order valence-electron chi connectivity index (χ2n) is 3.98. The van der Waals surface area contributed by atoms with Gasteiger partial charge in [-0.05, 0) is 30.3 Å². The SMILES string of the molecule is Nc1nc(-c2cccc(Br)c2)cc(-c2ccco2)n1. The lowest BCUT2D eigenvalue weighted by atomic mass is 10.1. The zero-order valence-corrected chi connectivity index (χ0v) is 11.5. The van der Waals surface area contributed by atoms with Gasteiger partial charge in [0.2, 0.25) is 5.95 Å². The first-order chi connectivity index (χ1) is 9.22. The molecule has 0 aliphatic carbocycles. The average molecular weight is 316 g/mol. The molecule has 0 spiro atoms. The molecule has 5 heteroatoms. The maximum atomic E-state index is 5.77. The normalized spacial score (nSPS) is 10.6. The summed E-state index contributed by atoms with van der Waals surface area (Å²) in [6.45, 7) is 0. The van der Waals surface area contributed by atoms with Gasteiger partial charge in [0.05, 0.1) is 12.0 Å². The molecule has 0 amide bonds. The molecule has 4 nitrogen and oxygen atoms in total. The van der Waals surface area contributed by atoms with Crippen molar-refractivity contribution in [1.82, 2.24) is 9.97 Å². The lowest BCUT2D eigenvalue weighted by molar-refractivity contribution is 0.580. The second kappa shape index (κ2) is 4.85. The van der Waals surface area contributed by atoms with Gasteiger partial charge in [0, 0.05) is 10.0 Å². The Morgan fingerprint density at radius 2 is 1.84 bits per heavy atom. The number of hydrogen-bond donors (Lipinski definition) is 1. The van der Waals surface area contributed by atoms with Crippen LogP contribution in [0.3, 0.4) is 0 Å². The third-order valence-corrected chi connectivity index (χ3v) is 3.13. The number of furan rings is 1. The molecule has 0 unspecified atom stereocenters. The molecular weight excluding hydrogens is 306 g/mol. The van der Waals surface area contributed by atoms with E-state index in [1.807, 2.05) is 42.5 Å². The van der Waals surface area contributed by atoms with Gasteiger partial charge in [0.1, 0.15) is 5.69 Å². The number of nitrogens with two attached hydrogens (primary N) is 1. The zero-order valence-electron chi connectivity index (χ0n) is 9.88. The molecule has 0 saturated carbocycles. The van der Waals surface area contributed by atoms with Crippen LogP contribution in [-0.4, -0.2) is 9.97 Å². The van der Waals surface area contributed by atoms with Gasteiger partial charge in [0.25, 0.3) is 0 Å². The van der Waals surface area contributed by atoms with Gasteiger partial charge in [-0.15, -0.1) is 0 Å². The summed E-state index contributed by atoms with van der Waals surface area (Å²) in [5.74, 6) is 0.897. The number of nitrogen functional groups attached to an aromatic ring is 1. The smallest absolute Gasteiger partial charge is 0.221 e. The summed E-state index contributed by atoms with van der Waals surface area (Å²) in [7, 11) is 0. The minimum atomic E-state index is 0.226. The second-order valence-corrected chi connectivity index (χ2v) is 4.90. The van der Waals surface area contributed by atoms with Crippen molar-refractivity contribution in [3.05, 3.63) is 53.2 Å². The minimum Gasteiger partial charge on any atom is -0.463 e. The van der Waals surface area contributed by atoms with Crippen molar-refractivity contribution in [2.75, 3.05) is 5.73 Å². The number of aromatic nitrogens is 2. The van der Waals surface area contributed by atoms with Crippen molar-refractivity contribution in [2.45, 2.75) is 0 Å². The summed E-state index contributed by atoms with van der Waals surface area (Å²) in [5, 5.41) is 0. The third-order valence-electron chi connectivity index (χ3n) is 2.64. The molecule has 0 bridgehead atoms. The van der Waals surface area contributed by atoms with Crippen LogP contribution in [0.4, 0.5) is 5.95 Å². The number of halogens is 1. The van der Waals surface area contributed by atoms with Crippen molar-refractivity contribution in [1.29, 1.82) is 0 Å². The number of rotatable bonds is 2. The Morgan fingerprint density at radius 1 is 1.00 bits per heavy atom.